The quantitative estimate of drug-likeness (QED) is 0.929. The zero-order valence-corrected chi connectivity index (χ0v) is 12.3. The first-order valence-corrected chi connectivity index (χ1v) is 6.98. The van der Waals surface area contributed by atoms with Gasteiger partial charge in [0.15, 0.2) is 0 Å². The highest BCUT2D eigenvalue weighted by Gasteiger charge is 2.20. The van der Waals surface area contributed by atoms with Crippen LogP contribution >= 0.6 is 15.9 Å². The first-order valence-electron chi connectivity index (χ1n) is 6.19. The van der Waals surface area contributed by atoms with Crippen LogP contribution in [0.5, 0.6) is 0 Å². The van der Waals surface area contributed by atoms with E-state index in [4.69, 9.17) is 0 Å². The van der Waals surface area contributed by atoms with Crippen LogP contribution in [0.15, 0.2) is 16.7 Å². The van der Waals surface area contributed by atoms with Gasteiger partial charge in [0, 0.05) is 31.3 Å². The van der Waals surface area contributed by atoms with Crippen molar-refractivity contribution in [2.45, 2.75) is 19.3 Å². The van der Waals surface area contributed by atoms with Crippen LogP contribution in [0, 0.1) is 5.92 Å². The fourth-order valence-electron chi connectivity index (χ4n) is 1.98. The predicted octanol–water partition coefficient (Wildman–Crippen LogP) is 2.44. The third-order valence-corrected chi connectivity index (χ3v) is 3.71. The Balaban J connectivity index is 2.09. The van der Waals surface area contributed by atoms with Gasteiger partial charge >= 0.3 is 0 Å². The summed E-state index contributed by atoms with van der Waals surface area (Å²) >= 11 is 3.36. The fraction of sp³-hybridized carbons (Fsp3) is 0.538. The number of carbonyl (C=O) groups excluding carboxylic acids is 1. The van der Waals surface area contributed by atoms with Crippen LogP contribution in [-0.2, 0) is 0 Å². The average molecular weight is 312 g/mol. The first kappa shape index (κ1) is 13.3. The van der Waals surface area contributed by atoms with Gasteiger partial charge in [0.25, 0.3) is 5.91 Å². The molecular weight excluding hydrogens is 294 g/mol. The summed E-state index contributed by atoms with van der Waals surface area (Å²) in [7, 11) is 3.78. The van der Waals surface area contributed by atoms with Crippen LogP contribution in [0.25, 0.3) is 0 Å². The van der Waals surface area contributed by atoms with Crippen LogP contribution in [0.1, 0.15) is 29.6 Å². The van der Waals surface area contributed by atoms with Crippen molar-refractivity contribution in [3.05, 3.63) is 22.3 Å². The summed E-state index contributed by atoms with van der Waals surface area (Å²) in [6.07, 6.45) is 5.47. The second kappa shape index (κ2) is 5.69. The topological polar surface area (TPSA) is 45.2 Å². The van der Waals surface area contributed by atoms with Gasteiger partial charge in [-0.15, -0.1) is 0 Å². The van der Waals surface area contributed by atoms with E-state index in [1.807, 2.05) is 25.1 Å². The minimum Gasteiger partial charge on any atom is -0.362 e. The van der Waals surface area contributed by atoms with Crippen LogP contribution in [0.3, 0.4) is 0 Å². The molecule has 0 saturated heterocycles. The lowest BCUT2D eigenvalue weighted by molar-refractivity contribution is 0.0939. The molecule has 1 N–H and O–H groups in total. The van der Waals surface area contributed by atoms with E-state index >= 15 is 0 Å². The van der Waals surface area contributed by atoms with Gasteiger partial charge < -0.3 is 10.2 Å². The Bertz CT molecular complexity index is 444. The van der Waals surface area contributed by atoms with Crippen molar-refractivity contribution in [1.29, 1.82) is 0 Å². The van der Waals surface area contributed by atoms with E-state index in [0.717, 1.165) is 11.0 Å². The first-order chi connectivity index (χ1) is 8.58. The van der Waals surface area contributed by atoms with Crippen molar-refractivity contribution in [3.8, 4) is 0 Å². The predicted molar refractivity (Wildman–Crippen MR) is 75.9 cm³/mol. The lowest BCUT2D eigenvalue weighted by Gasteiger charge is -2.25. The number of amides is 1. The van der Waals surface area contributed by atoms with Crippen molar-refractivity contribution >= 4 is 27.7 Å². The zero-order valence-electron chi connectivity index (χ0n) is 10.7. The van der Waals surface area contributed by atoms with E-state index in [-0.39, 0.29) is 5.91 Å². The Kier molecular flexibility index (Phi) is 4.22. The maximum Gasteiger partial charge on any atom is 0.255 e. The molecule has 4 nitrogen and oxygen atoms in total. The molecule has 1 aliphatic rings. The number of hydrogen-bond acceptors (Lipinski definition) is 3. The van der Waals surface area contributed by atoms with Crippen LogP contribution in [-0.4, -0.2) is 31.5 Å². The lowest BCUT2D eigenvalue weighted by atomic mass is 9.85. The van der Waals surface area contributed by atoms with Crippen molar-refractivity contribution in [2.24, 2.45) is 5.92 Å². The van der Waals surface area contributed by atoms with E-state index in [1.165, 1.54) is 19.3 Å². The Hall–Kier alpha value is -1.10. The van der Waals surface area contributed by atoms with E-state index in [1.54, 1.807) is 6.20 Å². The molecule has 1 aromatic rings. The molecule has 5 heteroatoms. The highest BCUT2D eigenvalue weighted by atomic mass is 79.9. The molecule has 0 atom stereocenters. The summed E-state index contributed by atoms with van der Waals surface area (Å²) < 4.78 is 0.821. The molecular formula is C13H18BrN3O. The Morgan fingerprint density at radius 2 is 2.28 bits per heavy atom. The molecule has 0 spiro atoms. The number of rotatable bonds is 4. The number of carbonyl (C=O) groups is 1. The number of halogens is 1. The molecule has 0 radical (unpaired) electrons. The molecule has 1 saturated carbocycles. The van der Waals surface area contributed by atoms with E-state index in [2.05, 4.69) is 26.2 Å². The summed E-state index contributed by atoms with van der Waals surface area (Å²) in [5, 5.41) is 3.00. The van der Waals surface area contributed by atoms with E-state index in [0.29, 0.717) is 17.3 Å². The van der Waals surface area contributed by atoms with Gasteiger partial charge in [0.2, 0.25) is 0 Å². The Morgan fingerprint density at radius 1 is 1.56 bits per heavy atom. The molecule has 0 aliphatic heterocycles. The zero-order chi connectivity index (χ0) is 13.1. The molecule has 1 amide bonds. The fourth-order valence-corrected chi connectivity index (χ4v) is 2.32. The summed E-state index contributed by atoms with van der Waals surface area (Å²) in [6.45, 7) is 0.776. The number of pyridine rings is 1. The molecule has 0 aromatic carbocycles. The molecule has 0 unspecified atom stereocenters. The SMILES string of the molecule is CN(C)c1ncc(Br)cc1C(=O)NCC1CCC1. The van der Waals surface area contributed by atoms with Crippen LogP contribution < -0.4 is 10.2 Å². The maximum atomic E-state index is 12.2. The number of hydrogen-bond donors (Lipinski definition) is 1. The van der Waals surface area contributed by atoms with E-state index in [9.17, 15) is 4.79 Å². The van der Waals surface area contributed by atoms with Crippen molar-refractivity contribution in [3.63, 3.8) is 0 Å². The monoisotopic (exact) mass is 311 g/mol. The lowest BCUT2D eigenvalue weighted by Crippen LogP contribution is -2.33. The van der Waals surface area contributed by atoms with Crippen LogP contribution in [0.2, 0.25) is 0 Å². The van der Waals surface area contributed by atoms with Gasteiger partial charge in [-0.1, -0.05) is 6.42 Å². The molecule has 0 bridgehead atoms. The number of nitrogens with one attached hydrogen (secondary N) is 1. The average Bonchev–Trinajstić information content (AvgIpc) is 2.26. The second-order valence-corrected chi connectivity index (χ2v) is 5.84. The highest BCUT2D eigenvalue weighted by Crippen LogP contribution is 2.25. The normalized spacial score (nSPS) is 15.1. The molecule has 18 heavy (non-hydrogen) atoms. The molecule has 1 aromatic heterocycles. The molecule has 1 aliphatic carbocycles. The minimum absolute atomic E-state index is 0.0422. The summed E-state index contributed by atoms with van der Waals surface area (Å²) in [5.41, 5.74) is 0.619. The Morgan fingerprint density at radius 3 is 2.83 bits per heavy atom. The molecule has 1 fully saturated rings. The van der Waals surface area contributed by atoms with Gasteiger partial charge in [-0.2, -0.15) is 0 Å². The standard InChI is InChI=1S/C13H18BrN3O/c1-17(2)12-11(6-10(14)8-15-12)13(18)16-7-9-4-3-5-9/h6,8-9H,3-5,7H2,1-2H3,(H,16,18). The molecule has 2 rings (SSSR count). The summed E-state index contributed by atoms with van der Waals surface area (Å²) in [6, 6.07) is 1.82. The van der Waals surface area contributed by atoms with Gasteiger partial charge in [0.05, 0.1) is 5.56 Å². The largest absolute Gasteiger partial charge is 0.362 e. The summed E-state index contributed by atoms with van der Waals surface area (Å²) in [4.78, 5) is 18.3. The number of aromatic nitrogens is 1. The second-order valence-electron chi connectivity index (χ2n) is 4.93. The Labute approximate surface area is 116 Å². The van der Waals surface area contributed by atoms with Gasteiger partial charge in [0.1, 0.15) is 5.82 Å². The third kappa shape index (κ3) is 3.02. The van der Waals surface area contributed by atoms with Crippen molar-refractivity contribution in [2.75, 3.05) is 25.5 Å². The maximum absolute atomic E-state index is 12.2. The number of anilines is 1. The van der Waals surface area contributed by atoms with Crippen molar-refractivity contribution in [1.82, 2.24) is 10.3 Å². The summed E-state index contributed by atoms with van der Waals surface area (Å²) in [5.74, 6) is 1.32. The highest BCUT2D eigenvalue weighted by molar-refractivity contribution is 9.10. The minimum atomic E-state index is -0.0422. The molecule has 98 valence electrons. The number of nitrogens with zero attached hydrogens (tertiary/aromatic N) is 2. The van der Waals surface area contributed by atoms with Gasteiger partial charge in [-0.05, 0) is 40.8 Å². The van der Waals surface area contributed by atoms with Crippen molar-refractivity contribution < 1.29 is 4.79 Å². The van der Waals surface area contributed by atoms with E-state index < -0.39 is 0 Å². The smallest absolute Gasteiger partial charge is 0.255 e. The third-order valence-electron chi connectivity index (χ3n) is 3.28. The molecule has 1 heterocycles. The van der Waals surface area contributed by atoms with Gasteiger partial charge in [-0.3, -0.25) is 4.79 Å². The van der Waals surface area contributed by atoms with Crippen LogP contribution in [0.4, 0.5) is 5.82 Å². The van der Waals surface area contributed by atoms with Gasteiger partial charge in [-0.25, -0.2) is 4.98 Å².